The SMILES string of the molecule is COC1(C)CCC(CNc2ccc(S(=O)(=O)NC(=O)c3ccc(N4CCC5(CC4)CC(N4CCC[C@H]4c4ccccc4C(C)C)C5)cc3N3c4cc5cc[nH]c5nc4O[C@H]4COC[C@H]43)cc2[N+](=O)[O-])CC1. The Bertz CT molecular complexity index is 2940. The van der Waals surface area contributed by atoms with Gasteiger partial charge in [0.25, 0.3) is 21.6 Å². The Kier molecular flexibility index (Phi) is 12.5. The number of H-pyrrole nitrogens is 1. The number of nitro groups is 1. The number of carbonyl (C=O) groups excluding carboxylic acids is 1. The van der Waals surface area contributed by atoms with Crippen molar-refractivity contribution in [2.45, 2.75) is 126 Å². The molecule has 3 atom stereocenters. The number of aromatic nitrogens is 2. The highest BCUT2D eigenvalue weighted by atomic mass is 32.2. The number of fused-ring (bicyclic) bond motifs is 3. The Morgan fingerprint density at radius 1 is 0.972 bits per heavy atom. The van der Waals surface area contributed by atoms with Crippen molar-refractivity contribution in [2.24, 2.45) is 11.3 Å². The summed E-state index contributed by atoms with van der Waals surface area (Å²) in [5, 5.41) is 16.4. The van der Waals surface area contributed by atoms with Crippen molar-refractivity contribution >= 4 is 55.4 Å². The van der Waals surface area contributed by atoms with Gasteiger partial charge < -0.3 is 34.3 Å². The Hall–Kier alpha value is -5.75. The van der Waals surface area contributed by atoms with E-state index in [2.05, 4.69) is 69.9 Å². The summed E-state index contributed by atoms with van der Waals surface area (Å²) >= 11 is 0. The Balaban J connectivity index is 0.851. The molecule has 1 amide bonds. The summed E-state index contributed by atoms with van der Waals surface area (Å²) in [6.45, 7) is 10.7. The largest absolute Gasteiger partial charge is 0.468 e. The molecule has 0 unspecified atom stereocenters. The van der Waals surface area contributed by atoms with Gasteiger partial charge in [-0.05, 0) is 149 Å². The summed E-state index contributed by atoms with van der Waals surface area (Å²) in [5.41, 5.74) is 5.72. The van der Waals surface area contributed by atoms with Gasteiger partial charge in [0.05, 0.1) is 45.9 Å². The molecule has 2 saturated carbocycles. The molecule has 0 bridgehead atoms. The Morgan fingerprint density at radius 3 is 2.52 bits per heavy atom. The summed E-state index contributed by atoms with van der Waals surface area (Å²) < 4.78 is 48.7. The highest BCUT2D eigenvalue weighted by Crippen LogP contribution is 2.55. The quantitative estimate of drug-likeness (QED) is 0.0749. The average molecular weight is 987 g/mol. The van der Waals surface area contributed by atoms with Crippen LogP contribution in [0.3, 0.4) is 0 Å². The van der Waals surface area contributed by atoms with Crippen LogP contribution in [0, 0.1) is 21.4 Å². The number of carbonyl (C=O) groups is 1. The highest BCUT2D eigenvalue weighted by molar-refractivity contribution is 7.90. The summed E-state index contributed by atoms with van der Waals surface area (Å²) in [5.74, 6) is 0.278. The second-order valence-corrected chi connectivity index (χ2v) is 23.3. The first-order valence-electron chi connectivity index (χ1n) is 25.6. The number of nitro benzene ring substituents is 1. The van der Waals surface area contributed by atoms with Gasteiger partial charge in [-0.15, -0.1) is 0 Å². The van der Waals surface area contributed by atoms with Crippen molar-refractivity contribution < 1.29 is 32.3 Å². The fraction of sp³-hybridized carbons (Fsp3) is 0.519. The number of aromatic amines is 1. The van der Waals surface area contributed by atoms with E-state index in [4.69, 9.17) is 19.2 Å². The van der Waals surface area contributed by atoms with Crippen LogP contribution >= 0.6 is 0 Å². The van der Waals surface area contributed by atoms with Crippen molar-refractivity contribution in [3.05, 3.63) is 106 Å². The first kappa shape index (κ1) is 47.6. The number of amides is 1. The third-order valence-corrected chi connectivity index (χ3v) is 18.4. The van der Waals surface area contributed by atoms with E-state index in [1.54, 1.807) is 13.2 Å². The fourth-order valence-electron chi connectivity index (χ4n) is 12.7. The van der Waals surface area contributed by atoms with Crippen molar-refractivity contribution in [1.29, 1.82) is 0 Å². The van der Waals surface area contributed by atoms with Gasteiger partial charge in [0.1, 0.15) is 23.1 Å². The van der Waals surface area contributed by atoms with Crippen LogP contribution in [0.25, 0.3) is 11.0 Å². The molecule has 2 aliphatic carbocycles. The number of hydrogen-bond donors (Lipinski definition) is 3. The van der Waals surface area contributed by atoms with Crippen molar-refractivity contribution in [3.63, 3.8) is 0 Å². The molecule has 4 aliphatic heterocycles. The van der Waals surface area contributed by atoms with Crippen LogP contribution in [-0.4, -0.2) is 104 Å². The van der Waals surface area contributed by atoms with Crippen molar-refractivity contribution in [3.8, 4) is 5.88 Å². The van der Waals surface area contributed by atoms with Gasteiger partial charge in [0.2, 0.25) is 5.88 Å². The van der Waals surface area contributed by atoms with E-state index in [1.165, 1.54) is 48.9 Å². The Labute approximate surface area is 416 Å². The number of benzene rings is 3. The number of anilines is 4. The topological polar surface area (TPSA) is 184 Å². The third kappa shape index (κ3) is 9.01. The molecule has 6 aliphatic rings. The van der Waals surface area contributed by atoms with Crippen molar-refractivity contribution in [1.82, 2.24) is 19.6 Å². The first-order valence-corrected chi connectivity index (χ1v) is 27.1. The zero-order chi connectivity index (χ0) is 49.2. The molecular formula is C54H66N8O8S. The van der Waals surface area contributed by atoms with Crippen LogP contribution in [0.15, 0.2) is 83.9 Å². The van der Waals surface area contributed by atoms with E-state index in [0.717, 1.165) is 75.3 Å². The second kappa shape index (κ2) is 18.7. The van der Waals surface area contributed by atoms with Gasteiger partial charge in [-0.3, -0.25) is 19.8 Å². The molecule has 71 heavy (non-hydrogen) atoms. The predicted molar refractivity (Wildman–Crippen MR) is 273 cm³/mol. The minimum atomic E-state index is -4.60. The molecule has 3 saturated heterocycles. The van der Waals surface area contributed by atoms with E-state index < -0.39 is 37.5 Å². The molecule has 376 valence electrons. The van der Waals surface area contributed by atoms with E-state index in [0.29, 0.717) is 66.1 Å². The monoisotopic (exact) mass is 986 g/mol. The van der Waals surface area contributed by atoms with Gasteiger partial charge in [0, 0.05) is 62.2 Å². The lowest BCUT2D eigenvalue weighted by Crippen LogP contribution is -2.55. The number of piperidine rings is 1. The number of hydrogen-bond acceptors (Lipinski definition) is 13. The number of methoxy groups -OCH3 is 1. The molecule has 17 heteroatoms. The molecule has 3 N–H and O–H groups in total. The maximum absolute atomic E-state index is 14.7. The van der Waals surface area contributed by atoms with Crippen molar-refractivity contribution in [2.75, 3.05) is 61.6 Å². The predicted octanol–water partition coefficient (Wildman–Crippen LogP) is 9.60. The highest BCUT2D eigenvalue weighted by Gasteiger charge is 2.50. The summed E-state index contributed by atoms with van der Waals surface area (Å²) in [7, 11) is -2.88. The van der Waals surface area contributed by atoms with Crippen LogP contribution in [-0.2, 0) is 19.5 Å². The lowest BCUT2D eigenvalue weighted by molar-refractivity contribution is -0.384. The van der Waals surface area contributed by atoms with Crippen LogP contribution < -0.4 is 24.6 Å². The fourth-order valence-corrected chi connectivity index (χ4v) is 13.7. The number of rotatable bonds is 13. The second-order valence-electron chi connectivity index (χ2n) is 21.6. The van der Waals surface area contributed by atoms with Gasteiger partial charge in [-0.25, -0.2) is 13.1 Å². The molecule has 6 heterocycles. The molecule has 0 radical (unpaired) electrons. The number of nitrogens with zero attached hydrogens (tertiary/aromatic N) is 5. The van der Waals surface area contributed by atoms with Crippen LogP contribution in [0.5, 0.6) is 5.88 Å². The van der Waals surface area contributed by atoms with Crippen LogP contribution in [0.2, 0.25) is 0 Å². The Morgan fingerprint density at radius 2 is 1.76 bits per heavy atom. The summed E-state index contributed by atoms with van der Waals surface area (Å²) in [6, 6.07) is 22.9. The normalized spacial score (nSPS) is 25.5. The van der Waals surface area contributed by atoms with Crippen LogP contribution in [0.4, 0.5) is 28.4 Å². The molecule has 3 aromatic carbocycles. The lowest BCUT2D eigenvalue weighted by Gasteiger charge is -2.56. The average Bonchev–Trinajstić information content (AvgIpc) is 4.16. The minimum Gasteiger partial charge on any atom is -0.468 e. The van der Waals surface area contributed by atoms with E-state index >= 15 is 0 Å². The van der Waals surface area contributed by atoms with Gasteiger partial charge in [-0.2, -0.15) is 4.98 Å². The minimum absolute atomic E-state index is 0.115. The number of sulfonamides is 1. The summed E-state index contributed by atoms with van der Waals surface area (Å²) in [6.07, 6.45) is 11.9. The first-order chi connectivity index (χ1) is 34.2. The smallest absolute Gasteiger partial charge is 0.293 e. The molecule has 11 rings (SSSR count). The zero-order valence-electron chi connectivity index (χ0n) is 41.2. The van der Waals surface area contributed by atoms with E-state index in [-0.39, 0.29) is 28.8 Å². The molecule has 1 spiro atoms. The van der Waals surface area contributed by atoms with Gasteiger partial charge in [0.15, 0.2) is 0 Å². The molecule has 2 aromatic heterocycles. The zero-order valence-corrected chi connectivity index (χ0v) is 42.0. The number of nitrogens with one attached hydrogen (secondary N) is 3. The molecule has 5 fully saturated rings. The maximum atomic E-state index is 14.7. The standard InChI is InChI=1S/C54H66N8O8S/c1-34(2)40-8-5-6-9-41(40)44-10-7-23-60(44)38-29-54(30-38)20-24-59(25-21-54)37-11-13-42(45(27-37)61-47-26-36-17-22-55-50(36)57-52(47)70-49-33-69-32-48(49)61)51(63)58-71(66,67)39-12-14-43(46(28-39)62(64)65)56-31-35-15-18-53(3,68-4)19-16-35/h5-6,8-9,11-14,17,22,26-28,34-35,38,44,48-49,56H,7,10,15-16,18-21,23-25,29-33H2,1-4H3,(H,55,57)(H,58,63)/t35?,44-,48+,49-,53?/m0/s1. The number of ether oxygens (including phenoxy) is 3. The molecule has 16 nitrogen and oxygen atoms in total. The summed E-state index contributed by atoms with van der Waals surface area (Å²) in [4.78, 5) is 41.3. The van der Waals surface area contributed by atoms with Crippen LogP contribution in [0.1, 0.15) is 118 Å². The van der Waals surface area contributed by atoms with E-state index in [9.17, 15) is 23.3 Å². The third-order valence-electron chi connectivity index (χ3n) is 17.0. The van der Waals surface area contributed by atoms with Gasteiger partial charge >= 0.3 is 0 Å². The number of pyridine rings is 1. The van der Waals surface area contributed by atoms with Gasteiger partial charge in [-0.1, -0.05) is 38.1 Å². The lowest BCUT2D eigenvalue weighted by atomic mass is 9.59. The molecule has 5 aromatic rings. The number of likely N-dealkylation sites (tertiary alicyclic amines) is 1. The maximum Gasteiger partial charge on any atom is 0.293 e. The van der Waals surface area contributed by atoms with E-state index in [1.807, 2.05) is 35.4 Å². The molecular weight excluding hydrogens is 921 g/mol.